The van der Waals surface area contributed by atoms with Gasteiger partial charge >= 0.3 is 5.97 Å². The summed E-state index contributed by atoms with van der Waals surface area (Å²) in [4.78, 5) is 27.0. The number of carboxylic acids is 1. The summed E-state index contributed by atoms with van der Waals surface area (Å²) in [5.41, 5.74) is 2.58. The Labute approximate surface area is 91.4 Å². The van der Waals surface area contributed by atoms with Gasteiger partial charge < -0.3 is 10.0 Å². The van der Waals surface area contributed by atoms with E-state index in [-0.39, 0.29) is 12.5 Å². The van der Waals surface area contributed by atoms with Crippen molar-refractivity contribution in [1.82, 2.24) is 9.88 Å². The number of carboxylic acid groups (broad SMARTS) is 1. The van der Waals surface area contributed by atoms with Gasteiger partial charge in [-0.05, 0) is 6.42 Å². The number of aliphatic carboxylic acids is 1. The second kappa shape index (κ2) is 5.45. The first kappa shape index (κ1) is 11.6. The average Bonchev–Trinajstić information content (AvgIpc) is 2.65. The van der Waals surface area contributed by atoms with Gasteiger partial charge in [-0.15, -0.1) is 11.3 Å². The van der Waals surface area contributed by atoms with E-state index in [4.69, 9.17) is 5.11 Å². The second-order valence-electron chi connectivity index (χ2n) is 3.12. The SMILES string of the molecule is CN(CC(=O)O)C(=O)CCc1cscn1. The van der Waals surface area contributed by atoms with Crippen LogP contribution >= 0.6 is 11.3 Å². The van der Waals surface area contributed by atoms with E-state index in [1.54, 1.807) is 5.51 Å². The molecule has 0 spiro atoms. The van der Waals surface area contributed by atoms with Crippen molar-refractivity contribution in [3.63, 3.8) is 0 Å². The summed E-state index contributed by atoms with van der Waals surface area (Å²) < 4.78 is 0. The van der Waals surface area contributed by atoms with Crippen LogP contribution in [0, 0.1) is 0 Å². The average molecular weight is 228 g/mol. The lowest BCUT2D eigenvalue weighted by Gasteiger charge is -2.13. The van der Waals surface area contributed by atoms with Gasteiger partial charge in [0, 0.05) is 18.8 Å². The summed E-state index contributed by atoms with van der Waals surface area (Å²) in [6, 6.07) is 0. The Morgan fingerprint density at radius 3 is 2.87 bits per heavy atom. The molecule has 0 fully saturated rings. The number of rotatable bonds is 5. The van der Waals surface area contributed by atoms with Gasteiger partial charge in [-0.1, -0.05) is 0 Å². The maximum absolute atomic E-state index is 11.4. The normalized spacial score (nSPS) is 9.93. The zero-order valence-corrected chi connectivity index (χ0v) is 9.16. The minimum atomic E-state index is -1.00. The minimum absolute atomic E-state index is 0.176. The number of hydrogen-bond donors (Lipinski definition) is 1. The monoisotopic (exact) mass is 228 g/mol. The largest absolute Gasteiger partial charge is 0.480 e. The molecule has 0 bridgehead atoms. The van der Waals surface area contributed by atoms with E-state index >= 15 is 0 Å². The first-order valence-corrected chi connectivity index (χ1v) is 5.36. The molecule has 82 valence electrons. The van der Waals surface area contributed by atoms with E-state index < -0.39 is 5.97 Å². The molecule has 0 saturated heterocycles. The van der Waals surface area contributed by atoms with Gasteiger partial charge in [0.05, 0.1) is 11.2 Å². The lowest BCUT2D eigenvalue weighted by atomic mass is 10.2. The molecule has 1 aromatic heterocycles. The third-order valence-electron chi connectivity index (χ3n) is 1.88. The number of carbonyl (C=O) groups is 2. The number of carbonyl (C=O) groups excluding carboxylic acids is 1. The molecule has 1 aromatic rings. The summed E-state index contributed by atoms with van der Waals surface area (Å²) in [5, 5.41) is 10.4. The van der Waals surface area contributed by atoms with E-state index in [2.05, 4.69) is 4.98 Å². The van der Waals surface area contributed by atoms with Crippen molar-refractivity contribution in [3.8, 4) is 0 Å². The summed E-state index contributed by atoms with van der Waals surface area (Å²) in [6.45, 7) is -0.254. The molecular formula is C9H12N2O3S. The van der Waals surface area contributed by atoms with Crippen LogP contribution in [0.25, 0.3) is 0 Å². The van der Waals surface area contributed by atoms with Gasteiger partial charge in [0.1, 0.15) is 6.54 Å². The van der Waals surface area contributed by atoms with Crippen molar-refractivity contribution in [2.75, 3.05) is 13.6 Å². The Hall–Kier alpha value is -1.43. The third kappa shape index (κ3) is 4.07. The highest BCUT2D eigenvalue weighted by Crippen LogP contribution is 2.05. The highest BCUT2D eigenvalue weighted by molar-refractivity contribution is 7.07. The molecule has 0 aromatic carbocycles. The molecule has 5 nitrogen and oxygen atoms in total. The van der Waals surface area contributed by atoms with E-state index in [1.807, 2.05) is 5.38 Å². The number of hydrogen-bond acceptors (Lipinski definition) is 4. The second-order valence-corrected chi connectivity index (χ2v) is 3.84. The Morgan fingerprint density at radius 1 is 1.60 bits per heavy atom. The maximum atomic E-state index is 11.4. The van der Waals surface area contributed by atoms with Crippen molar-refractivity contribution in [2.45, 2.75) is 12.8 Å². The predicted octanol–water partition coefficient (Wildman–Crippen LogP) is 0.619. The van der Waals surface area contributed by atoms with Crippen molar-refractivity contribution < 1.29 is 14.7 Å². The van der Waals surface area contributed by atoms with Crippen LogP contribution < -0.4 is 0 Å². The Balaban J connectivity index is 2.32. The number of aryl methyl sites for hydroxylation is 1. The highest BCUT2D eigenvalue weighted by Gasteiger charge is 2.11. The van der Waals surface area contributed by atoms with E-state index in [0.717, 1.165) is 5.69 Å². The molecule has 0 aliphatic heterocycles. The lowest BCUT2D eigenvalue weighted by molar-refractivity contribution is -0.143. The fourth-order valence-corrected chi connectivity index (χ4v) is 1.67. The first-order chi connectivity index (χ1) is 7.09. The topological polar surface area (TPSA) is 70.5 Å². The standard InChI is InChI=1S/C9H12N2O3S/c1-11(4-9(13)14)8(12)3-2-7-5-15-6-10-7/h5-6H,2-4H2,1H3,(H,13,14). The van der Waals surface area contributed by atoms with Gasteiger partial charge in [-0.25, -0.2) is 4.98 Å². The van der Waals surface area contributed by atoms with Crippen LogP contribution in [-0.2, 0) is 16.0 Å². The van der Waals surface area contributed by atoms with Gasteiger partial charge in [0.2, 0.25) is 5.91 Å². The van der Waals surface area contributed by atoms with E-state index in [1.165, 1.54) is 23.3 Å². The summed E-state index contributed by atoms with van der Waals surface area (Å²) in [6.07, 6.45) is 0.861. The van der Waals surface area contributed by atoms with Crippen molar-refractivity contribution in [3.05, 3.63) is 16.6 Å². The predicted molar refractivity (Wildman–Crippen MR) is 55.7 cm³/mol. The van der Waals surface area contributed by atoms with Gasteiger partial charge in [-0.3, -0.25) is 9.59 Å². The lowest BCUT2D eigenvalue weighted by Crippen LogP contribution is -2.32. The molecule has 0 aliphatic rings. The molecule has 0 radical (unpaired) electrons. The van der Waals surface area contributed by atoms with Gasteiger partial charge in [-0.2, -0.15) is 0 Å². The molecule has 1 amide bonds. The molecule has 0 aliphatic carbocycles. The summed E-state index contributed by atoms with van der Waals surface area (Å²) >= 11 is 1.48. The maximum Gasteiger partial charge on any atom is 0.323 e. The number of nitrogens with zero attached hydrogens (tertiary/aromatic N) is 2. The molecule has 6 heteroatoms. The Bertz CT molecular complexity index is 337. The summed E-state index contributed by atoms with van der Waals surface area (Å²) in [5.74, 6) is -1.18. The smallest absolute Gasteiger partial charge is 0.323 e. The molecule has 15 heavy (non-hydrogen) atoms. The number of thiazole rings is 1. The van der Waals surface area contributed by atoms with Crippen LogP contribution in [0.15, 0.2) is 10.9 Å². The van der Waals surface area contributed by atoms with Crippen LogP contribution in [-0.4, -0.2) is 40.5 Å². The minimum Gasteiger partial charge on any atom is -0.480 e. The highest BCUT2D eigenvalue weighted by atomic mass is 32.1. The molecule has 1 heterocycles. The Morgan fingerprint density at radius 2 is 2.33 bits per heavy atom. The van der Waals surface area contributed by atoms with Crippen molar-refractivity contribution in [2.24, 2.45) is 0 Å². The van der Waals surface area contributed by atoms with E-state index in [9.17, 15) is 9.59 Å². The molecule has 0 saturated carbocycles. The summed E-state index contributed by atoms with van der Waals surface area (Å²) in [7, 11) is 1.48. The molecule has 1 N–H and O–H groups in total. The quantitative estimate of drug-likeness (QED) is 0.802. The molecule has 0 unspecified atom stereocenters. The van der Waals surface area contributed by atoms with E-state index in [0.29, 0.717) is 12.8 Å². The van der Waals surface area contributed by atoms with Crippen LogP contribution in [0.3, 0.4) is 0 Å². The van der Waals surface area contributed by atoms with Crippen LogP contribution in [0.5, 0.6) is 0 Å². The number of amides is 1. The molecule has 1 rings (SSSR count). The van der Waals surface area contributed by atoms with Gasteiger partial charge in [0.15, 0.2) is 0 Å². The van der Waals surface area contributed by atoms with Crippen LogP contribution in [0.4, 0.5) is 0 Å². The van der Waals surface area contributed by atoms with Crippen LogP contribution in [0.1, 0.15) is 12.1 Å². The Kier molecular flexibility index (Phi) is 4.23. The van der Waals surface area contributed by atoms with Crippen molar-refractivity contribution in [1.29, 1.82) is 0 Å². The fourth-order valence-electron chi connectivity index (χ4n) is 1.08. The molecular weight excluding hydrogens is 216 g/mol. The number of aromatic nitrogens is 1. The van der Waals surface area contributed by atoms with Crippen LogP contribution in [0.2, 0.25) is 0 Å². The zero-order chi connectivity index (χ0) is 11.3. The zero-order valence-electron chi connectivity index (χ0n) is 8.34. The first-order valence-electron chi connectivity index (χ1n) is 4.42. The fraction of sp³-hybridized carbons (Fsp3) is 0.444. The third-order valence-corrected chi connectivity index (χ3v) is 2.51. The molecule has 0 atom stereocenters. The number of likely N-dealkylation sites (N-methyl/N-ethyl adjacent to an activating group) is 1. The van der Waals surface area contributed by atoms with Gasteiger partial charge in [0.25, 0.3) is 0 Å². The van der Waals surface area contributed by atoms with Crippen molar-refractivity contribution >= 4 is 23.2 Å².